The number of benzene rings is 1. The van der Waals surface area contributed by atoms with Gasteiger partial charge in [0.1, 0.15) is 0 Å². The number of rotatable bonds is 3. The summed E-state index contributed by atoms with van der Waals surface area (Å²) in [6, 6.07) is 5.49. The number of anilines is 1. The number of nitrogens with one attached hydrogen (secondary N) is 1. The van der Waals surface area contributed by atoms with Gasteiger partial charge in [0.2, 0.25) is 10.0 Å². The molecule has 0 radical (unpaired) electrons. The summed E-state index contributed by atoms with van der Waals surface area (Å²) in [4.78, 5) is 0. The molecule has 78 valence electrons. The molecule has 1 aromatic carbocycles. The van der Waals surface area contributed by atoms with Crippen LogP contribution in [0, 0.1) is 10.5 Å². The average Bonchev–Trinajstić information content (AvgIpc) is 2.11. The highest BCUT2D eigenvalue weighted by Crippen LogP contribution is 2.17. The van der Waals surface area contributed by atoms with E-state index in [9.17, 15) is 8.42 Å². The third kappa shape index (κ3) is 3.13. The highest BCUT2D eigenvalue weighted by Gasteiger charge is 2.06. The number of hydrogen-bond donors (Lipinski definition) is 1. The lowest BCUT2D eigenvalue weighted by atomic mass is 10.2. The zero-order valence-electron chi connectivity index (χ0n) is 8.04. The molecule has 0 aliphatic rings. The first-order valence-electron chi connectivity index (χ1n) is 4.21. The van der Waals surface area contributed by atoms with Gasteiger partial charge < -0.3 is 0 Å². The minimum atomic E-state index is -3.16. The molecule has 0 bridgehead atoms. The number of halogens is 1. The fraction of sp³-hybridized carbons (Fsp3) is 0.333. The molecule has 1 aromatic rings. The molecule has 0 aliphatic carbocycles. The first-order valence-corrected chi connectivity index (χ1v) is 6.94. The monoisotopic (exact) mass is 325 g/mol. The van der Waals surface area contributed by atoms with Gasteiger partial charge in [-0.05, 0) is 54.1 Å². The number of sulfonamides is 1. The summed E-state index contributed by atoms with van der Waals surface area (Å²) in [5, 5.41) is 0. The van der Waals surface area contributed by atoms with Crippen LogP contribution in [0.1, 0.15) is 12.5 Å². The van der Waals surface area contributed by atoms with Gasteiger partial charge >= 0.3 is 0 Å². The standard InChI is InChI=1S/C9H12INO2S/c1-3-14(12,13)11-8-5-4-7(2)9(10)6-8/h4-6,11H,3H2,1-2H3. The lowest BCUT2D eigenvalue weighted by Gasteiger charge is -2.07. The molecule has 0 unspecified atom stereocenters. The molecule has 0 fully saturated rings. The zero-order chi connectivity index (χ0) is 10.8. The molecular weight excluding hydrogens is 313 g/mol. The Morgan fingerprint density at radius 3 is 2.57 bits per heavy atom. The summed E-state index contributed by atoms with van der Waals surface area (Å²) < 4.78 is 26.1. The molecule has 0 amide bonds. The predicted molar refractivity (Wildman–Crippen MR) is 67.0 cm³/mol. The van der Waals surface area contributed by atoms with Crippen molar-refractivity contribution in [2.75, 3.05) is 10.5 Å². The van der Waals surface area contributed by atoms with Crippen LogP contribution in [0.2, 0.25) is 0 Å². The largest absolute Gasteiger partial charge is 0.284 e. The van der Waals surface area contributed by atoms with Gasteiger partial charge in [0.15, 0.2) is 0 Å². The van der Waals surface area contributed by atoms with E-state index in [0.29, 0.717) is 5.69 Å². The van der Waals surface area contributed by atoms with Crippen molar-refractivity contribution in [1.82, 2.24) is 0 Å². The minimum Gasteiger partial charge on any atom is -0.284 e. The fourth-order valence-corrected chi connectivity index (χ4v) is 2.05. The summed E-state index contributed by atoms with van der Waals surface area (Å²) in [6.07, 6.45) is 0. The molecule has 0 heterocycles. The van der Waals surface area contributed by atoms with Gasteiger partial charge in [-0.25, -0.2) is 8.42 Å². The average molecular weight is 325 g/mol. The summed E-state index contributed by atoms with van der Waals surface area (Å²) in [7, 11) is -3.16. The van der Waals surface area contributed by atoms with E-state index in [1.807, 2.05) is 19.1 Å². The Morgan fingerprint density at radius 1 is 1.43 bits per heavy atom. The quantitative estimate of drug-likeness (QED) is 0.867. The third-order valence-corrected chi connectivity index (χ3v) is 4.29. The van der Waals surface area contributed by atoms with E-state index in [-0.39, 0.29) is 5.75 Å². The molecule has 14 heavy (non-hydrogen) atoms. The molecule has 0 atom stereocenters. The maximum atomic E-state index is 11.3. The van der Waals surface area contributed by atoms with Gasteiger partial charge in [-0.3, -0.25) is 4.72 Å². The van der Waals surface area contributed by atoms with E-state index in [2.05, 4.69) is 27.3 Å². The van der Waals surface area contributed by atoms with Crippen LogP contribution in [0.3, 0.4) is 0 Å². The van der Waals surface area contributed by atoms with Crippen molar-refractivity contribution in [2.24, 2.45) is 0 Å². The van der Waals surface area contributed by atoms with Crippen LogP contribution < -0.4 is 4.72 Å². The molecule has 5 heteroatoms. The zero-order valence-corrected chi connectivity index (χ0v) is 11.0. The highest BCUT2D eigenvalue weighted by molar-refractivity contribution is 14.1. The SMILES string of the molecule is CCS(=O)(=O)Nc1ccc(C)c(I)c1. The van der Waals surface area contributed by atoms with Crippen molar-refractivity contribution >= 4 is 38.3 Å². The summed E-state index contributed by atoms with van der Waals surface area (Å²) in [5.41, 5.74) is 1.77. The van der Waals surface area contributed by atoms with Crippen LogP contribution >= 0.6 is 22.6 Å². The van der Waals surface area contributed by atoms with E-state index in [1.54, 1.807) is 13.0 Å². The van der Waals surface area contributed by atoms with Crippen LogP contribution in [0.15, 0.2) is 18.2 Å². The van der Waals surface area contributed by atoms with Gasteiger partial charge in [-0.1, -0.05) is 6.07 Å². The normalized spacial score (nSPS) is 11.4. The molecule has 1 N–H and O–H groups in total. The molecule has 0 saturated heterocycles. The first-order chi connectivity index (χ1) is 6.44. The Balaban J connectivity index is 2.94. The maximum Gasteiger partial charge on any atom is 0.232 e. The fourth-order valence-electron chi connectivity index (χ4n) is 0.908. The van der Waals surface area contributed by atoms with Crippen molar-refractivity contribution in [3.8, 4) is 0 Å². The maximum absolute atomic E-state index is 11.3. The van der Waals surface area contributed by atoms with Gasteiger partial charge in [0.25, 0.3) is 0 Å². The lowest BCUT2D eigenvalue weighted by molar-refractivity contribution is 0.602. The van der Waals surface area contributed by atoms with Gasteiger partial charge in [0.05, 0.1) is 5.75 Å². The number of aryl methyl sites for hydroxylation is 1. The topological polar surface area (TPSA) is 46.2 Å². The predicted octanol–water partition coefficient (Wildman–Crippen LogP) is 2.36. The lowest BCUT2D eigenvalue weighted by Crippen LogP contribution is -2.14. The Kier molecular flexibility index (Phi) is 3.77. The second-order valence-corrected chi connectivity index (χ2v) is 6.14. The molecule has 0 aliphatic heterocycles. The van der Waals surface area contributed by atoms with Crippen LogP contribution in [-0.4, -0.2) is 14.2 Å². The first kappa shape index (κ1) is 11.8. The van der Waals surface area contributed by atoms with Crippen molar-refractivity contribution in [3.63, 3.8) is 0 Å². The molecule has 0 aromatic heterocycles. The van der Waals surface area contributed by atoms with E-state index < -0.39 is 10.0 Å². The van der Waals surface area contributed by atoms with Crippen molar-refractivity contribution < 1.29 is 8.42 Å². The molecular formula is C9H12INO2S. The minimum absolute atomic E-state index is 0.0947. The van der Waals surface area contributed by atoms with Gasteiger partial charge in [-0.15, -0.1) is 0 Å². The molecule has 1 rings (SSSR count). The van der Waals surface area contributed by atoms with Crippen molar-refractivity contribution in [2.45, 2.75) is 13.8 Å². The van der Waals surface area contributed by atoms with Crippen LogP contribution in [-0.2, 0) is 10.0 Å². The third-order valence-electron chi connectivity index (χ3n) is 1.83. The highest BCUT2D eigenvalue weighted by atomic mass is 127. The van der Waals surface area contributed by atoms with Crippen LogP contribution in [0.4, 0.5) is 5.69 Å². The Morgan fingerprint density at radius 2 is 2.07 bits per heavy atom. The van der Waals surface area contributed by atoms with E-state index in [4.69, 9.17) is 0 Å². The van der Waals surface area contributed by atoms with Crippen molar-refractivity contribution in [3.05, 3.63) is 27.3 Å². The van der Waals surface area contributed by atoms with Crippen molar-refractivity contribution in [1.29, 1.82) is 0 Å². The second-order valence-electron chi connectivity index (χ2n) is 2.97. The molecule has 0 spiro atoms. The molecule has 3 nitrogen and oxygen atoms in total. The van der Waals surface area contributed by atoms with Gasteiger partial charge in [0, 0.05) is 9.26 Å². The van der Waals surface area contributed by atoms with E-state index >= 15 is 0 Å². The summed E-state index contributed by atoms with van der Waals surface area (Å²) in [6.45, 7) is 3.60. The van der Waals surface area contributed by atoms with Crippen LogP contribution in [0.5, 0.6) is 0 Å². The number of hydrogen-bond acceptors (Lipinski definition) is 2. The summed E-state index contributed by atoms with van der Waals surface area (Å²) >= 11 is 2.18. The Bertz CT molecular complexity index is 428. The smallest absolute Gasteiger partial charge is 0.232 e. The van der Waals surface area contributed by atoms with E-state index in [0.717, 1.165) is 9.13 Å². The second kappa shape index (κ2) is 4.48. The Labute approximate surface area is 98.1 Å². The molecule has 0 saturated carbocycles. The van der Waals surface area contributed by atoms with Gasteiger partial charge in [-0.2, -0.15) is 0 Å². The van der Waals surface area contributed by atoms with E-state index in [1.165, 1.54) is 0 Å². The van der Waals surface area contributed by atoms with Crippen LogP contribution in [0.25, 0.3) is 0 Å². The summed E-state index contributed by atoms with van der Waals surface area (Å²) in [5.74, 6) is 0.0947. The Hall–Kier alpha value is -0.300.